The second-order valence-corrected chi connectivity index (χ2v) is 5.10. The van der Waals surface area contributed by atoms with Gasteiger partial charge in [-0.1, -0.05) is 53.0 Å². The maximum Gasteiger partial charge on any atom is 0.0724 e. The third-order valence-corrected chi connectivity index (χ3v) is 3.46. The fourth-order valence-electron chi connectivity index (χ4n) is 1.76. The van der Waals surface area contributed by atoms with Crippen LogP contribution in [-0.2, 0) is 0 Å². The highest BCUT2D eigenvalue weighted by atomic mass is 35.5. The van der Waals surface area contributed by atoms with Gasteiger partial charge in [0.15, 0.2) is 0 Å². The predicted molar refractivity (Wildman–Crippen MR) is 77.1 cm³/mol. The second-order valence-electron chi connectivity index (χ2n) is 3.82. The molecule has 0 radical (unpaired) electrons. The molecular weight excluding hydrogens is 291 g/mol. The van der Waals surface area contributed by atoms with E-state index in [-0.39, 0.29) is 6.04 Å². The van der Waals surface area contributed by atoms with Crippen molar-refractivity contribution in [3.8, 4) is 0 Å². The Morgan fingerprint density at radius 1 is 0.889 bits per heavy atom. The van der Waals surface area contributed by atoms with E-state index in [1.165, 1.54) is 0 Å². The van der Waals surface area contributed by atoms with Crippen LogP contribution < -0.4 is 11.3 Å². The van der Waals surface area contributed by atoms with Crippen molar-refractivity contribution in [3.05, 3.63) is 68.7 Å². The fraction of sp³-hybridized carbons (Fsp3) is 0.0769. The van der Waals surface area contributed by atoms with E-state index in [2.05, 4.69) is 5.43 Å². The number of rotatable bonds is 3. The van der Waals surface area contributed by atoms with Crippen molar-refractivity contribution in [2.75, 3.05) is 0 Å². The molecule has 2 aromatic carbocycles. The lowest BCUT2D eigenvalue weighted by Gasteiger charge is -2.18. The molecule has 18 heavy (non-hydrogen) atoms. The SMILES string of the molecule is NNC(c1ccc(Cl)cc1)c1ccc(Cl)cc1Cl. The average Bonchev–Trinajstić information content (AvgIpc) is 2.35. The third-order valence-electron chi connectivity index (χ3n) is 2.64. The van der Waals surface area contributed by atoms with Crippen LogP contribution in [0.5, 0.6) is 0 Å². The Morgan fingerprint density at radius 3 is 2.06 bits per heavy atom. The minimum Gasteiger partial charge on any atom is -0.271 e. The number of hydrazine groups is 1. The van der Waals surface area contributed by atoms with Crippen LogP contribution in [0.2, 0.25) is 15.1 Å². The van der Waals surface area contributed by atoms with Gasteiger partial charge in [0.05, 0.1) is 6.04 Å². The van der Waals surface area contributed by atoms with Crippen molar-refractivity contribution < 1.29 is 0 Å². The lowest BCUT2D eigenvalue weighted by molar-refractivity contribution is 0.637. The van der Waals surface area contributed by atoms with Crippen molar-refractivity contribution in [2.24, 2.45) is 5.84 Å². The molecule has 2 aromatic rings. The molecular formula is C13H11Cl3N2. The van der Waals surface area contributed by atoms with Gasteiger partial charge in [-0.3, -0.25) is 5.84 Å². The van der Waals surface area contributed by atoms with E-state index >= 15 is 0 Å². The van der Waals surface area contributed by atoms with Gasteiger partial charge >= 0.3 is 0 Å². The molecule has 0 fully saturated rings. The van der Waals surface area contributed by atoms with Gasteiger partial charge in [-0.05, 0) is 35.4 Å². The minimum absolute atomic E-state index is 0.202. The Labute approximate surface area is 121 Å². The number of halogens is 3. The maximum absolute atomic E-state index is 6.18. The smallest absolute Gasteiger partial charge is 0.0724 e. The standard InChI is InChI=1S/C13H11Cl3N2/c14-9-3-1-8(2-4-9)13(18-17)11-6-5-10(15)7-12(11)16/h1-7,13,18H,17H2. The van der Waals surface area contributed by atoms with Gasteiger partial charge in [0, 0.05) is 15.1 Å². The van der Waals surface area contributed by atoms with E-state index < -0.39 is 0 Å². The van der Waals surface area contributed by atoms with Crippen LogP contribution in [0.25, 0.3) is 0 Å². The summed E-state index contributed by atoms with van der Waals surface area (Å²) in [5.74, 6) is 5.61. The van der Waals surface area contributed by atoms with Gasteiger partial charge in [-0.2, -0.15) is 0 Å². The fourth-order valence-corrected chi connectivity index (χ4v) is 2.40. The first-order valence-corrected chi connectivity index (χ1v) is 6.41. The highest BCUT2D eigenvalue weighted by Crippen LogP contribution is 2.30. The first-order chi connectivity index (χ1) is 8.61. The Bertz CT molecular complexity index is 540. The van der Waals surface area contributed by atoms with Crippen LogP contribution in [0.1, 0.15) is 17.2 Å². The first kappa shape index (κ1) is 13.7. The van der Waals surface area contributed by atoms with Crippen molar-refractivity contribution in [2.45, 2.75) is 6.04 Å². The van der Waals surface area contributed by atoms with Crippen LogP contribution in [0.4, 0.5) is 0 Å². The number of hydrogen-bond acceptors (Lipinski definition) is 2. The van der Waals surface area contributed by atoms with Gasteiger partial charge in [0.1, 0.15) is 0 Å². The number of nitrogens with one attached hydrogen (secondary N) is 1. The molecule has 0 aliphatic heterocycles. The number of nitrogens with two attached hydrogens (primary N) is 1. The summed E-state index contributed by atoms with van der Waals surface area (Å²) in [5, 5.41) is 1.84. The predicted octanol–water partition coefficient (Wildman–Crippen LogP) is 4.20. The van der Waals surface area contributed by atoms with E-state index in [1.54, 1.807) is 12.1 Å². The summed E-state index contributed by atoms with van der Waals surface area (Å²) in [4.78, 5) is 0. The van der Waals surface area contributed by atoms with E-state index in [1.807, 2.05) is 30.3 Å². The van der Waals surface area contributed by atoms with Crippen LogP contribution in [0.3, 0.4) is 0 Å². The monoisotopic (exact) mass is 300 g/mol. The summed E-state index contributed by atoms with van der Waals surface area (Å²) >= 11 is 17.9. The van der Waals surface area contributed by atoms with Crippen molar-refractivity contribution in [1.29, 1.82) is 0 Å². The molecule has 1 atom stereocenters. The zero-order valence-electron chi connectivity index (χ0n) is 9.33. The largest absolute Gasteiger partial charge is 0.271 e. The second kappa shape index (κ2) is 5.91. The Morgan fingerprint density at radius 2 is 1.50 bits per heavy atom. The van der Waals surface area contributed by atoms with Gasteiger partial charge in [-0.15, -0.1) is 0 Å². The molecule has 0 saturated heterocycles. The molecule has 0 saturated carbocycles. The topological polar surface area (TPSA) is 38.0 Å². The molecule has 0 spiro atoms. The highest BCUT2D eigenvalue weighted by molar-refractivity contribution is 6.35. The van der Waals surface area contributed by atoms with Gasteiger partial charge in [-0.25, -0.2) is 5.43 Å². The summed E-state index contributed by atoms with van der Waals surface area (Å²) in [6, 6.07) is 12.5. The number of benzene rings is 2. The summed E-state index contributed by atoms with van der Waals surface area (Å²) in [7, 11) is 0. The van der Waals surface area contributed by atoms with Crippen LogP contribution in [-0.4, -0.2) is 0 Å². The maximum atomic E-state index is 6.18. The van der Waals surface area contributed by atoms with E-state index in [9.17, 15) is 0 Å². The van der Waals surface area contributed by atoms with Crippen LogP contribution in [0, 0.1) is 0 Å². The number of hydrogen-bond donors (Lipinski definition) is 2. The van der Waals surface area contributed by atoms with Gasteiger partial charge in [0.2, 0.25) is 0 Å². The average molecular weight is 302 g/mol. The molecule has 0 aliphatic rings. The molecule has 3 N–H and O–H groups in total. The van der Waals surface area contributed by atoms with Crippen molar-refractivity contribution >= 4 is 34.8 Å². The molecule has 5 heteroatoms. The molecule has 0 amide bonds. The lowest BCUT2D eigenvalue weighted by Crippen LogP contribution is -2.29. The normalized spacial score (nSPS) is 12.4. The molecule has 0 bridgehead atoms. The molecule has 2 nitrogen and oxygen atoms in total. The molecule has 0 aromatic heterocycles. The molecule has 0 aliphatic carbocycles. The van der Waals surface area contributed by atoms with E-state index in [0.29, 0.717) is 15.1 Å². The van der Waals surface area contributed by atoms with Gasteiger partial charge in [0.25, 0.3) is 0 Å². The lowest BCUT2D eigenvalue weighted by atomic mass is 9.99. The van der Waals surface area contributed by atoms with Crippen LogP contribution >= 0.6 is 34.8 Å². The minimum atomic E-state index is -0.202. The van der Waals surface area contributed by atoms with Crippen molar-refractivity contribution in [1.82, 2.24) is 5.43 Å². The summed E-state index contributed by atoms with van der Waals surface area (Å²) in [6.07, 6.45) is 0. The highest BCUT2D eigenvalue weighted by Gasteiger charge is 2.15. The van der Waals surface area contributed by atoms with Gasteiger partial charge < -0.3 is 0 Å². The molecule has 2 rings (SSSR count). The molecule has 94 valence electrons. The summed E-state index contributed by atoms with van der Waals surface area (Å²) < 4.78 is 0. The van der Waals surface area contributed by atoms with Crippen LogP contribution in [0.15, 0.2) is 42.5 Å². The Balaban J connectivity index is 2.41. The zero-order valence-corrected chi connectivity index (χ0v) is 11.6. The zero-order chi connectivity index (χ0) is 13.1. The van der Waals surface area contributed by atoms with E-state index in [4.69, 9.17) is 40.6 Å². The summed E-state index contributed by atoms with van der Waals surface area (Å²) in [5.41, 5.74) is 4.59. The molecule has 1 unspecified atom stereocenters. The third kappa shape index (κ3) is 2.97. The van der Waals surface area contributed by atoms with Crippen molar-refractivity contribution in [3.63, 3.8) is 0 Å². The Kier molecular flexibility index (Phi) is 4.49. The Hall–Kier alpha value is -0.770. The summed E-state index contributed by atoms with van der Waals surface area (Å²) in [6.45, 7) is 0. The quantitative estimate of drug-likeness (QED) is 0.658. The first-order valence-electron chi connectivity index (χ1n) is 5.28. The van der Waals surface area contributed by atoms with E-state index in [0.717, 1.165) is 11.1 Å². The molecule has 0 heterocycles.